The fraction of sp³-hybridized carbons (Fsp3) is 0.933. The van der Waals surface area contributed by atoms with Gasteiger partial charge in [0.25, 0.3) is 0 Å². The van der Waals surface area contributed by atoms with Crippen LogP contribution >= 0.6 is 0 Å². The average molecular weight is 253 g/mol. The van der Waals surface area contributed by atoms with Crippen molar-refractivity contribution in [1.29, 1.82) is 0 Å². The lowest BCUT2D eigenvalue weighted by atomic mass is 10.2. The SMILES string of the molecule is C1CCC2=NCCCN2CC1.CC(C)NC(C)C. The molecular formula is C15H31N3. The second-order valence-electron chi connectivity index (χ2n) is 5.93. The number of aliphatic imine (C=N–C) groups is 1. The molecule has 0 unspecified atom stereocenters. The van der Waals surface area contributed by atoms with Gasteiger partial charge in [-0.25, -0.2) is 0 Å². The van der Waals surface area contributed by atoms with Crippen LogP contribution in [0, 0.1) is 0 Å². The van der Waals surface area contributed by atoms with Gasteiger partial charge >= 0.3 is 0 Å². The van der Waals surface area contributed by atoms with E-state index < -0.39 is 0 Å². The minimum Gasteiger partial charge on any atom is -0.360 e. The van der Waals surface area contributed by atoms with Gasteiger partial charge in [0, 0.05) is 38.1 Å². The molecule has 0 radical (unpaired) electrons. The lowest BCUT2D eigenvalue weighted by Gasteiger charge is -2.27. The lowest BCUT2D eigenvalue weighted by molar-refractivity contribution is 0.391. The molecule has 3 nitrogen and oxygen atoms in total. The van der Waals surface area contributed by atoms with E-state index in [-0.39, 0.29) is 0 Å². The molecule has 0 saturated carbocycles. The summed E-state index contributed by atoms with van der Waals surface area (Å²) < 4.78 is 0. The summed E-state index contributed by atoms with van der Waals surface area (Å²) >= 11 is 0. The number of hydrogen-bond acceptors (Lipinski definition) is 3. The van der Waals surface area contributed by atoms with Crippen molar-refractivity contribution in [2.45, 2.75) is 71.9 Å². The molecule has 0 aromatic carbocycles. The third kappa shape index (κ3) is 6.39. The van der Waals surface area contributed by atoms with Gasteiger partial charge in [-0.3, -0.25) is 4.99 Å². The molecule has 2 rings (SSSR count). The Hall–Kier alpha value is -0.570. The van der Waals surface area contributed by atoms with Crippen molar-refractivity contribution >= 4 is 5.84 Å². The van der Waals surface area contributed by atoms with E-state index in [2.05, 4.69) is 42.9 Å². The highest BCUT2D eigenvalue weighted by atomic mass is 15.2. The van der Waals surface area contributed by atoms with Gasteiger partial charge in [0.15, 0.2) is 0 Å². The standard InChI is InChI=1S/C9H16N2.C6H15N/c1-2-5-9-10-6-4-8-11(9)7-3-1;1-5(2)7-6(3)4/h1-8H2;5-7H,1-4H3. The molecule has 0 atom stereocenters. The Morgan fingerprint density at radius 2 is 1.61 bits per heavy atom. The maximum atomic E-state index is 4.55. The van der Waals surface area contributed by atoms with E-state index in [0.29, 0.717) is 12.1 Å². The first-order valence-corrected chi connectivity index (χ1v) is 7.64. The topological polar surface area (TPSA) is 27.6 Å². The molecule has 3 heteroatoms. The van der Waals surface area contributed by atoms with Crippen LogP contribution in [0.2, 0.25) is 0 Å². The number of fused-ring (bicyclic) bond motifs is 1. The van der Waals surface area contributed by atoms with Gasteiger partial charge in [-0.2, -0.15) is 0 Å². The number of nitrogens with zero attached hydrogens (tertiary/aromatic N) is 2. The molecule has 0 amide bonds. The lowest BCUT2D eigenvalue weighted by Crippen LogP contribution is -2.34. The summed E-state index contributed by atoms with van der Waals surface area (Å²) in [4.78, 5) is 7.04. The Morgan fingerprint density at radius 1 is 0.944 bits per heavy atom. The summed E-state index contributed by atoms with van der Waals surface area (Å²) in [7, 11) is 0. The van der Waals surface area contributed by atoms with E-state index in [9.17, 15) is 0 Å². The number of amidine groups is 1. The van der Waals surface area contributed by atoms with Crippen LogP contribution in [0.1, 0.15) is 59.8 Å². The van der Waals surface area contributed by atoms with Crippen molar-refractivity contribution in [3.05, 3.63) is 0 Å². The molecule has 0 aromatic rings. The predicted molar refractivity (Wildman–Crippen MR) is 80.4 cm³/mol. The van der Waals surface area contributed by atoms with Gasteiger partial charge in [0.05, 0.1) is 5.84 Å². The first-order valence-electron chi connectivity index (χ1n) is 7.64. The fourth-order valence-electron chi connectivity index (χ4n) is 2.61. The van der Waals surface area contributed by atoms with Gasteiger partial charge in [0.2, 0.25) is 0 Å². The summed E-state index contributed by atoms with van der Waals surface area (Å²) in [5.74, 6) is 1.40. The summed E-state index contributed by atoms with van der Waals surface area (Å²) in [5, 5.41) is 3.31. The number of rotatable bonds is 2. The van der Waals surface area contributed by atoms with Crippen LogP contribution in [0.4, 0.5) is 0 Å². The minimum absolute atomic E-state index is 0.625. The van der Waals surface area contributed by atoms with Gasteiger partial charge in [-0.15, -0.1) is 0 Å². The zero-order valence-electron chi connectivity index (χ0n) is 12.7. The van der Waals surface area contributed by atoms with Gasteiger partial charge in [-0.05, 0) is 19.3 Å². The summed E-state index contributed by atoms with van der Waals surface area (Å²) in [6.07, 6.45) is 6.63. The maximum absolute atomic E-state index is 4.55. The molecule has 1 saturated heterocycles. The Morgan fingerprint density at radius 3 is 2.22 bits per heavy atom. The van der Waals surface area contributed by atoms with Gasteiger partial charge < -0.3 is 10.2 Å². The molecule has 18 heavy (non-hydrogen) atoms. The normalized spacial score (nSPS) is 19.9. The molecule has 2 aliphatic rings. The van der Waals surface area contributed by atoms with Gasteiger partial charge in [-0.1, -0.05) is 34.1 Å². The van der Waals surface area contributed by atoms with E-state index in [1.165, 1.54) is 51.0 Å². The Labute approximate surface area is 113 Å². The third-order valence-electron chi connectivity index (χ3n) is 3.24. The smallest absolute Gasteiger partial charge is 0.0988 e. The summed E-state index contributed by atoms with van der Waals surface area (Å²) in [6, 6.07) is 1.25. The average Bonchev–Trinajstić information content (AvgIpc) is 2.52. The predicted octanol–water partition coefficient (Wildman–Crippen LogP) is 3.06. The fourth-order valence-corrected chi connectivity index (χ4v) is 2.61. The molecule has 0 aromatic heterocycles. The molecule has 1 fully saturated rings. The van der Waals surface area contributed by atoms with E-state index >= 15 is 0 Å². The quantitative estimate of drug-likeness (QED) is 0.819. The number of hydrogen-bond donors (Lipinski definition) is 1. The van der Waals surface area contributed by atoms with E-state index in [1.54, 1.807) is 0 Å². The Balaban J connectivity index is 0.000000203. The highest BCUT2D eigenvalue weighted by Gasteiger charge is 2.16. The first kappa shape index (κ1) is 15.5. The monoisotopic (exact) mass is 253 g/mol. The molecule has 0 bridgehead atoms. The van der Waals surface area contributed by atoms with Crippen molar-refractivity contribution < 1.29 is 0 Å². The van der Waals surface area contributed by atoms with E-state index in [1.807, 2.05) is 0 Å². The first-order chi connectivity index (χ1) is 8.59. The van der Waals surface area contributed by atoms with Crippen LogP contribution in [-0.2, 0) is 0 Å². The second-order valence-corrected chi connectivity index (χ2v) is 5.93. The number of nitrogens with one attached hydrogen (secondary N) is 1. The van der Waals surface area contributed by atoms with Crippen LogP contribution < -0.4 is 5.32 Å². The van der Waals surface area contributed by atoms with Crippen molar-refractivity contribution in [2.75, 3.05) is 19.6 Å². The summed E-state index contributed by atoms with van der Waals surface area (Å²) in [6.45, 7) is 12.2. The van der Waals surface area contributed by atoms with Crippen LogP contribution in [0.25, 0.3) is 0 Å². The molecular weight excluding hydrogens is 222 g/mol. The molecule has 1 N–H and O–H groups in total. The Kier molecular flexibility index (Phi) is 7.33. The van der Waals surface area contributed by atoms with Crippen LogP contribution in [0.5, 0.6) is 0 Å². The zero-order valence-corrected chi connectivity index (χ0v) is 12.7. The van der Waals surface area contributed by atoms with Crippen LogP contribution in [0.15, 0.2) is 4.99 Å². The van der Waals surface area contributed by atoms with Crippen molar-refractivity contribution in [1.82, 2.24) is 10.2 Å². The molecule has 2 aliphatic heterocycles. The Bertz CT molecular complexity index is 240. The van der Waals surface area contributed by atoms with Crippen molar-refractivity contribution in [2.24, 2.45) is 4.99 Å². The van der Waals surface area contributed by atoms with Crippen LogP contribution in [0.3, 0.4) is 0 Å². The highest BCUT2D eigenvalue weighted by Crippen LogP contribution is 2.15. The van der Waals surface area contributed by atoms with E-state index in [0.717, 1.165) is 6.54 Å². The molecule has 2 heterocycles. The third-order valence-corrected chi connectivity index (χ3v) is 3.24. The molecule has 106 valence electrons. The van der Waals surface area contributed by atoms with Gasteiger partial charge in [0.1, 0.15) is 0 Å². The van der Waals surface area contributed by atoms with Crippen LogP contribution in [-0.4, -0.2) is 42.5 Å². The molecule has 0 aliphatic carbocycles. The highest BCUT2D eigenvalue weighted by molar-refractivity contribution is 5.83. The van der Waals surface area contributed by atoms with Crippen molar-refractivity contribution in [3.63, 3.8) is 0 Å². The summed E-state index contributed by atoms with van der Waals surface area (Å²) in [5.41, 5.74) is 0. The van der Waals surface area contributed by atoms with Crippen molar-refractivity contribution in [3.8, 4) is 0 Å². The zero-order chi connectivity index (χ0) is 13.4. The molecule has 0 spiro atoms. The maximum Gasteiger partial charge on any atom is 0.0988 e. The minimum atomic E-state index is 0.625. The largest absolute Gasteiger partial charge is 0.360 e. The van der Waals surface area contributed by atoms with E-state index in [4.69, 9.17) is 0 Å². The second kappa shape index (κ2) is 8.52.